The number of hydrogen-bond donors (Lipinski definition) is 3. The van der Waals surface area contributed by atoms with Crippen LogP contribution in [0.2, 0.25) is 0 Å². The van der Waals surface area contributed by atoms with Crippen LogP contribution in [-0.2, 0) is 40.1 Å². The molecule has 1 aromatic carbocycles. The van der Waals surface area contributed by atoms with Gasteiger partial charge in [0.15, 0.2) is 5.69 Å². The first-order valence-corrected chi connectivity index (χ1v) is 11.7. The molecule has 37 heavy (non-hydrogen) atoms. The number of halogens is 4. The summed E-state index contributed by atoms with van der Waals surface area (Å²) in [6.45, 7) is -0.162. The van der Waals surface area contributed by atoms with Crippen molar-refractivity contribution in [2.24, 2.45) is 5.41 Å². The van der Waals surface area contributed by atoms with E-state index in [1.165, 1.54) is 33.8 Å². The van der Waals surface area contributed by atoms with Gasteiger partial charge in [-0.3, -0.25) is 19.1 Å². The minimum Gasteiger partial charge on any atom is -0.481 e. The van der Waals surface area contributed by atoms with Gasteiger partial charge in [-0.15, -0.1) is 0 Å². The minimum atomic E-state index is -4.66. The molecule has 13 heteroatoms. The van der Waals surface area contributed by atoms with Crippen molar-refractivity contribution >= 4 is 17.8 Å². The summed E-state index contributed by atoms with van der Waals surface area (Å²) >= 11 is 0. The molecule has 1 amide bonds. The van der Waals surface area contributed by atoms with E-state index in [9.17, 15) is 37.1 Å². The average molecular weight is 526 g/mol. The Morgan fingerprint density at radius 1 is 1.14 bits per heavy atom. The number of hydrogen-bond acceptors (Lipinski definition) is 5. The van der Waals surface area contributed by atoms with Crippen LogP contribution in [0, 0.1) is 11.2 Å². The second kappa shape index (κ2) is 10.1. The van der Waals surface area contributed by atoms with Crippen molar-refractivity contribution in [2.45, 2.75) is 57.4 Å². The molecule has 0 radical (unpaired) electrons. The molecule has 2 aliphatic rings. The third-order valence-electron chi connectivity index (χ3n) is 7.09. The van der Waals surface area contributed by atoms with Crippen LogP contribution >= 0.6 is 0 Å². The van der Waals surface area contributed by atoms with Crippen molar-refractivity contribution in [3.05, 3.63) is 52.6 Å². The fourth-order valence-electron chi connectivity index (χ4n) is 5.02. The smallest absolute Gasteiger partial charge is 0.435 e. The highest BCUT2D eigenvalue weighted by atomic mass is 19.4. The number of amides is 1. The highest BCUT2D eigenvalue weighted by Gasteiger charge is 2.50. The summed E-state index contributed by atoms with van der Waals surface area (Å²) in [6, 6.07) is 5.05. The lowest BCUT2D eigenvalue weighted by atomic mass is 9.63. The van der Waals surface area contributed by atoms with Crippen LogP contribution in [0.4, 0.5) is 17.6 Å². The highest BCUT2D eigenvalue weighted by Crippen LogP contribution is 2.45. The number of carbonyl (C=O) groups excluding carboxylic acids is 1. The number of carbonyl (C=O) groups is 3. The van der Waals surface area contributed by atoms with E-state index in [1.54, 1.807) is 0 Å². The van der Waals surface area contributed by atoms with Gasteiger partial charge in [-0.1, -0.05) is 12.1 Å². The van der Waals surface area contributed by atoms with Crippen LogP contribution in [0.1, 0.15) is 48.2 Å². The van der Waals surface area contributed by atoms with Crippen molar-refractivity contribution in [3.63, 3.8) is 0 Å². The Morgan fingerprint density at radius 2 is 1.81 bits per heavy atom. The maximum atomic E-state index is 13.6. The summed E-state index contributed by atoms with van der Waals surface area (Å²) in [5.41, 5.74) is -1.27. The van der Waals surface area contributed by atoms with Crippen molar-refractivity contribution < 1.29 is 42.2 Å². The number of fused-ring (bicyclic) bond motifs is 1. The average Bonchev–Trinajstić information content (AvgIpc) is 3.17. The minimum absolute atomic E-state index is 0.00171. The van der Waals surface area contributed by atoms with E-state index in [1.807, 2.05) is 0 Å². The largest absolute Gasteiger partial charge is 0.481 e. The standard InChI is InChI=1S/C24H26F4N4O5/c25-15-3-1-14(2-4-15)12-32-18-13-31(8-6-17(18)21(30-32)24(26,27)28)19(33)11-29-16-9-23(10-16,22(36)37)7-5-20(34)35/h1-4,16,29H,5-13H2,(H,34,35)(H,36,37). The number of rotatable bonds is 9. The topological polar surface area (TPSA) is 125 Å². The fraction of sp³-hybridized carbons (Fsp3) is 0.500. The highest BCUT2D eigenvalue weighted by molar-refractivity contribution is 5.79. The van der Waals surface area contributed by atoms with Crippen LogP contribution < -0.4 is 5.32 Å². The Labute approximate surface area is 209 Å². The van der Waals surface area contributed by atoms with Gasteiger partial charge >= 0.3 is 18.1 Å². The second-order valence-electron chi connectivity index (χ2n) is 9.59. The van der Waals surface area contributed by atoms with Crippen LogP contribution in [0.5, 0.6) is 0 Å². The van der Waals surface area contributed by atoms with Gasteiger partial charge in [0.25, 0.3) is 0 Å². The second-order valence-corrected chi connectivity index (χ2v) is 9.59. The number of carboxylic acid groups (broad SMARTS) is 2. The van der Waals surface area contributed by atoms with Gasteiger partial charge in [0.05, 0.1) is 30.7 Å². The summed E-state index contributed by atoms with van der Waals surface area (Å²) in [5.74, 6) is -2.98. The fourth-order valence-corrected chi connectivity index (χ4v) is 5.02. The Kier molecular flexibility index (Phi) is 7.27. The maximum Gasteiger partial charge on any atom is 0.435 e. The third kappa shape index (κ3) is 5.76. The molecule has 0 unspecified atom stereocenters. The van der Waals surface area contributed by atoms with Crippen LogP contribution in [0.25, 0.3) is 0 Å². The molecular weight excluding hydrogens is 500 g/mol. The predicted molar refractivity (Wildman–Crippen MR) is 120 cm³/mol. The van der Waals surface area contributed by atoms with Crippen LogP contribution in [0.3, 0.4) is 0 Å². The molecule has 0 spiro atoms. The molecular formula is C24H26F4N4O5. The molecule has 2 heterocycles. The van der Waals surface area contributed by atoms with E-state index in [2.05, 4.69) is 10.4 Å². The molecule has 200 valence electrons. The van der Waals surface area contributed by atoms with Gasteiger partial charge in [-0.2, -0.15) is 18.3 Å². The lowest BCUT2D eigenvalue weighted by Gasteiger charge is -2.44. The maximum absolute atomic E-state index is 13.6. The quantitative estimate of drug-likeness (QED) is 0.429. The van der Waals surface area contributed by atoms with Crippen molar-refractivity contribution in [1.29, 1.82) is 0 Å². The zero-order valence-corrected chi connectivity index (χ0v) is 19.7. The number of nitrogens with zero attached hydrogens (tertiary/aromatic N) is 3. The normalized spacial score (nSPS) is 21.3. The Bertz CT molecular complexity index is 1190. The SMILES string of the molecule is O=C(O)CCC1(C(=O)O)CC(NCC(=O)N2CCc3c(C(F)(F)F)nn(Cc4ccc(F)cc4)c3C2)C1. The molecule has 0 bridgehead atoms. The molecule has 1 fully saturated rings. The molecule has 9 nitrogen and oxygen atoms in total. The van der Waals surface area contributed by atoms with Gasteiger partial charge < -0.3 is 20.4 Å². The van der Waals surface area contributed by atoms with Gasteiger partial charge in [-0.25, -0.2) is 4.39 Å². The third-order valence-corrected chi connectivity index (χ3v) is 7.09. The monoisotopic (exact) mass is 526 g/mol. The Balaban J connectivity index is 1.41. The van der Waals surface area contributed by atoms with Crippen LogP contribution in [-0.4, -0.2) is 61.9 Å². The van der Waals surface area contributed by atoms with E-state index >= 15 is 0 Å². The summed E-state index contributed by atoms with van der Waals surface area (Å²) in [6.07, 6.45) is -4.58. The molecule has 1 aliphatic heterocycles. The predicted octanol–water partition coefficient (Wildman–Crippen LogP) is 2.66. The zero-order chi connectivity index (χ0) is 27.0. The lowest BCUT2D eigenvalue weighted by molar-refractivity contribution is -0.158. The van der Waals surface area contributed by atoms with Crippen LogP contribution in [0.15, 0.2) is 24.3 Å². The van der Waals surface area contributed by atoms with E-state index in [0.717, 1.165) is 0 Å². The van der Waals surface area contributed by atoms with Crippen molar-refractivity contribution in [1.82, 2.24) is 20.0 Å². The molecule has 1 aliphatic carbocycles. The first kappa shape index (κ1) is 26.6. The number of benzene rings is 1. The van der Waals surface area contributed by atoms with Gasteiger partial charge in [0.1, 0.15) is 5.82 Å². The van der Waals surface area contributed by atoms with E-state index in [4.69, 9.17) is 5.11 Å². The number of carboxylic acids is 2. The number of nitrogens with one attached hydrogen (secondary N) is 1. The molecule has 0 saturated heterocycles. The lowest BCUT2D eigenvalue weighted by Crippen LogP contribution is -2.55. The van der Waals surface area contributed by atoms with Gasteiger partial charge in [0, 0.05) is 24.6 Å². The molecule has 2 aromatic rings. The molecule has 1 aromatic heterocycles. The van der Waals surface area contributed by atoms with Gasteiger partial charge in [-0.05, 0) is 43.4 Å². The first-order chi connectivity index (χ1) is 17.4. The summed E-state index contributed by atoms with van der Waals surface area (Å²) < 4.78 is 55.3. The van der Waals surface area contributed by atoms with E-state index in [-0.39, 0.29) is 81.5 Å². The Hall–Kier alpha value is -3.48. The first-order valence-electron chi connectivity index (χ1n) is 11.7. The van der Waals surface area contributed by atoms with Crippen molar-refractivity contribution in [2.75, 3.05) is 13.1 Å². The molecule has 4 rings (SSSR count). The van der Waals surface area contributed by atoms with E-state index < -0.39 is 35.0 Å². The van der Waals surface area contributed by atoms with Gasteiger partial charge in [0.2, 0.25) is 5.91 Å². The summed E-state index contributed by atoms with van der Waals surface area (Å²) in [4.78, 5) is 36.7. The zero-order valence-electron chi connectivity index (χ0n) is 19.7. The van der Waals surface area contributed by atoms with E-state index in [0.29, 0.717) is 5.56 Å². The summed E-state index contributed by atoms with van der Waals surface area (Å²) in [7, 11) is 0. The number of alkyl halides is 3. The number of aromatic nitrogens is 2. The summed E-state index contributed by atoms with van der Waals surface area (Å²) in [5, 5.41) is 25.1. The molecule has 0 atom stereocenters. The molecule has 3 N–H and O–H groups in total. The number of aliphatic carboxylic acids is 2. The Morgan fingerprint density at radius 3 is 2.41 bits per heavy atom. The van der Waals surface area contributed by atoms with Crippen molar-refractivity contribution in [3.8, 4) is 0 Å². The molecule has 1 saturated carbocycles.